The predicted molar refractivity (Wildman–Crippen MR) is 81.4 cm³/mol. The summed E-state index contributed by atoms with van der Waals surface area (Å²) in [5.74, 6) is 0.0290. The molecule has 0 saturated carbocycles. The largest absolute Gasteiger partial charge is 0.395 e. The molecule has 5 heteroatoms. The average Bonchev–Trinajstić information content (AvgIpc) is 2.33. The normalized spacial score (nSPS) is 13.8. The number of sulfonamides is 1. The smallest absolute Gasteiger partial charge is 0.241 e. The number of nitrogens with one attached hydrogen (secondary N) is 1. The monoisotopic (exact) mass is 299 g/mol. The van der Waals surface area contributed by atoms with Crippen molar-refractivity contribution in [1.82, 2.24) is 4.72 Å². The number of hydrogen-bond donors (Lipinski definition) is 2. The van der Waals surface area contributed by atoms with Crippen LogP contribution in [0.25, 0.3) is 0 Å². The molecule has 0 amide bonds. The zero-order valence-electron chi connectivity index (χ0n) is 13.1. The van der Waals surface area contributed by atoms with Gasteiger partial charge in [0.2, 0.25) is 10.0 Å². The van der Waals surface area contributed by atoms with E-state index in [1.807, 2.05) is 47.6 Å². The zero-order chi connectivity index (χ0) is 15.7. The second kappa shape index (κ2) is 6.24. The number of rotatable bonds is 5. The third-order valence-corrected chi connectivity index (χ3v) is 5.64. The molecule has 4 nitrogen and oxygen atoms in total. The van der Waals surface area contributed by atoms with Crippen LogP contribution in [0.2, 0.25) is 0 Å². The Kier molecular flexibility index (Phi) is 5.35. The van der Waals surface area contributed by atoms with E-state index in [1.54, 1.807) is 0 Å². The first-order chi connectivity index (χ1) is 9.11. The Morgan fingerprint density at radius 2 is 1.55 bits per heavy atom. The Balaban J connectivity index is 3.36. The summed E-state index contributed by atoms with van der Waals surface area (Å²) in [6.45, 7) is 11.0. The summed E-state index contributed by atoms with van der Waals surface area (Å²) in [5.41, 5.74) is 3.44. The third-order valence-electron chi connectivity index (χ3n) is 3.87. The molecular formula is C15H25NO3S. The van der Waals surface area contributed by atoms with Gasteiger partial charge in [-0.25, -0.2) is 13.1 Å². The van der Waals surface area contributed by atoms with Crippen LogP contribution in [-0.4, -0.2) is 26.2 Å². The first-order valence-electron chi connectivity index (χ1n) is 6.82. The van der Waals surface area contributed by atoms with Gasteiger partial charge in [-0.2, -0.15) is 0 Å². The highest BCUT2D eigenvalue weighted by Gasteiger charge is 2.26. The van der Waals surface area contributed by atoms with Gasteiger partial charge < -0.3 is 5.11 Å². The average molecular weight is 299 g/mol. The van der Waals surface area contributed by atoms with Crippen LogP contribution in [0, 0.1) is 33.6 Å². The van der Waals surface area contributed by atoms with Gasteiger partial charge in [-0.3, -0.25) is 0 Å². The maximum absolute atomic E-state index is 12.6. The molecule has 0 aliphatic rings. The lowest BCUT2D eigenvalue weighted by Crippen LogP contribution is -2.41. The molecule has 0 heterocycles. The van der Waals surface area contributed by atoms with E-state index >= 15 is 0 Å². The van der Waals surface area contributed by atoms with Crippen LogP contribution in [0.4, 0.5) is 0 Å². The van der Waals surface area contributed by atoms with Gasteiger partial charge in [-0.1, -0.05) is 19.9 Å². The van der Waals surface area contributed by atoms with Gasteiger partial charge in [0, 0.05) is 6.04 Å². The Hall–Kier alpha value is -0.910. The van der Waals surface area contributed by atoms with E-state index in [9.17, 15) is 13.5 Å². The summed E-state index contributed by atoms with van der Waals surface area (Å²) >= 11 is 0. The second-order valence-electron chi connectivity index (χ2n) is 5.74. The van der Waals surface area contributed by atoms with E-state index in [1.165, 1.54) is 0 Å². The summed E-state index contributed by atoms with van der Waals surface area (Å²) in [6.07, 6.45) is 0. The van der Waals surface area contributed by atoms with Crippen molar-refractivity contribution in [3.8, 4) is 0 Å². The lowest BCUT2D eigenvalue weighted by molar-refractivity contribution is 0.227. The zero-order valence-corrected chi connectivity index (χ0v) is 13.9. The van der Waals surface area contributed by atoms with Crippen molar-refractivity contribution in [3.63, 3.8) is 0 Å². The molecule has 20 heavy (non-hydrogen) atoms. The van der Waals surface area contributed by atoms with Crippen LogP contribution in [0.15, 0.2) is 11.0 Å². The molecule has 1 rings (SSSR count). The summed E-state index contributed by atoms with van der Waals surface area (Å²) in [5, 5.41) is 9.33. The molecule has 1 aromatic rings. The number of aryl methyl sites for hydroxylation is 2. The summed E-state index contributed by atoms with van der Waals surface area (Å²) in [4.78, 5) is 0.342. The molecule has 1 atom stereocenters. The maximum Gasteiger partial charge on any atom is 0.241 e. The standard InChI is InChI=1S/C15H25NO3S/c1-9(2)14(8-17)16-20(18,19)15-12(5)10(3)7-11(4)13(15)6/h7,9,14,16-17H,8H2,1-6H3. The highest BCUT2D eigenvalue weighted by atomic mass is 32.2. The molecule has 0 fully saturated rings. The fraction of sp³-hybridized carbons (Fsp3) is 0.600. The van der Waals surface area contributed by atoms with Crippen molar-refractivity contribution in [1.29, 1.82) is 0 Å². The SMILES string of the molecule is Cc1cc(C)c(C)c(S(=O)(=O)NC(CO)C(C)C)c1C. The van der Waals surface area contributed by atoms with Crippen molar-refractivity contribution in [2.24, 2.45) is 5.92 Å². The van der Waals surface area contributed by atoms with E-state index in [4.69, 9.17) is 0 Å². The minimum absolute atomic E-state index is 0.0290. The van der Waals surface area contributed by atoms with Crippen LogP contribution in [0.5, 0.6) is 0 Å². The van der Waals surface area contributed by atoms with Crippen molar-refractivity contribution in [3.05, 3.63) is 28.3 Å². The number of benzene rings is 1. The Bertz CT molecular complexity index is 565. The first-order valence-corrected chi connectivity index (χ1v) is 8.30. The van der Waals surface area contributed by atoms with Crippen LogP contribution in [-0.2, 0) is 10.0 Å². The molecule has 114 valence electrons. The second-order valence-corrected chi connectivity index (χ2v) is 7.39. The molecule has 0 aliphatic heterocycles. The summed E-state index contributed by atoms with van der Waals surface area (Å²) in [6, 6.07) is 1.52. The predicted octanol–water partition coefficient (Wildman–Crippen LogP) is 2.22. The summed E-state index contributed by atoms with van der Waals surface area (Å²) < 4.78 is 27.9. The molecule has 0 aliphatic carbocycles. The van der Waals surface area contributed by atoms with Crippen LogP contribution in [0.3, 0.4) is 0 Å². The molecule has 0 spiro atoms. The van der Waals surface area contributed by atoms with Crippen LogP contribution >= 0.6 is 0 Å². The minimum atomic E-state index is -3.63. The quantitative estimate of drug-likeness (QED) is 0.876. The highest BCUT2D eigenvalue weighted by Crippen LogP contribution is 2.26. The van der Waals surface area contributed by atoms with Gasteiger partial charge in [0.05, 0.1) is 11.5 Å². The van der Waals surface area contributed by atoms with Crippen molar-refractivity contribution < 1.29 is 13.5 Å². The molecule has 0 radical (unpaired) electrons. The highest BCUT2D eigenvalue weighted by molar-refractivity contribution is 7.89. The van der Waals surface area contributed by atoms with Gasteiger partial charge in [0.25, 0.3) is 0 Å². The number of aliphatic hydroxyl groups excluding tert-OH is 1. The van der Waals surface area contributed by atoms with E-state index in [-0.39, 0.29) is 12.5 Å². The van der Waals surface area contributed by atoms with Crippen molar-refractivity contribution >= 4 is 10.0 Å². The molecule has 0 saturated heterocycles. The van der Waals surface area contributed by atoms with Gasteiger partial charge in [-0.05, 0) is 55.9 Å². The lowest BCUT2D eigenvalue weighted by atomic mass is 10.0. The Labute approximate surface area is 122 Å². The van der Waals surface area contributed by atoms with Gasteiger partial charge in [0.15, 0.2) is 0 Å². The van der Waals surface area contributed by atoms with E-state index in [0.29, 0.717) is 4.90 Å². The molecule has 2 N–H and O–H groups in total. The van der Waals surface area contributed by atoms with Crippen molar-refractivity contribution in [2.45, 2.75) is 52.5 Å². The fourth-order valence-corrected chi connectivity index (χ4v) is 4.22. The van der Waals surface area contributed by atoms with Gasteiger partial charge in [0.1, 0.15) is 0 Å². The van der Waals surface area contributed by atoms with E-state index < -0.39 is 16.1 Å². The van der Waals surface area contributed by atoms with Crippen molar-refractivity contribution in [2.75, 3.05) is 6.61 Å². The molecule has 0 aromatic heterocycles. The number of hydrogen-bond acceptors (Lipinski definition) is 3. The molecule has 0 bridgehead atoms. The summed E-state index contributed by atoms with van der Waals surface area (Å²) in [7, 11) is -3.63. The minimum Gasteiger partial charge on any atom is -0.395 e. The Morgan fingerprint density at radius 1 is 1.10 bits per heavy atom. The fourth-order valence-electron chi connectivity index (χ4n) is 2.23. The number of aliphatic hydroxyl groups is 1. The first kappa shape index (κ1) is 17.1. The van der Waals surface area contributed by atoms with E-state index in [0.717, 1.165) is 22.3 Å². The topological polar surface area (TPSA) is 66.4 Å². The third kappa shape index (κ3) is 3.40. The van der Waals surface area contributed by atoms with Crippen LogP contribution < -0.4 is 4.72 Å². The lowest BCUT2D eigenvalue weighted by Gasteiger charge is -2.22. The van der Waals surface area contributed by atoms with Crippen LogP contribution in [0.1, 0.15) is 36.1 Å². The molecule has 1 aromatic carbocycles. The molecular weight excluding hydrogens is 274 g/mol. The van der Waals surface area contributed by atoms with E-state index in [2.05, 4.69) is 4.72 Å². The maximum atomic E-state index is 12.6. The van der Waals surface area contributed by atoms with Gasteiger partial charge in [-0.15, -0.1) is 0 Å². The Morgan fingerprint density at radius 3 is 1.90 bits per heavy atom. The van der Waals surface area contributed by atoms with Gasteiger partial charge >= 0.3 is 0 Å². The molecule has 1 unspecified atom stereocenters.